The van der Waals surface area contributed by atoms with Crippen molar-refractivity contribution >= 4 is 39.0 Å². The lowest BCUT2D eigenvalue weighted by Gasteiger charge is -2.19. The molecule has 0 aliphatic heterocycles. The maximum atomic E-state index is 5.99. The molecule has 2 aromatic rings. The van der Waals surface area contributed by atoms with Gasteiger partial charge in [0.2, 0.25) is 5.28 Å². The second-order valence-electron chi connectivity index (χ2n) is 4.75. The predicted molar refractivity (Wildman–Crippen MR) is 84.3 cm³/mol. The van der Waals surface area contributed by atoms with Gasteiger partial charge in [0.1, 0.15) is 10.6 Å². The van der Waals surface area contributed by atoms with E-state index in [2.05, 4.69) is 35.2 Å². The lowest BCUT2D eigenvalue weighted by atomic mass is 10.1. The van der Waals surface area contributed by atoms with Crippen molar-refractivity contribution in [2.45, 2.75) is 52.0 Å². The minimum atomic E-state index is 0.322. The van der Waals surface area contributed by atoms with E-state index in [1.807, 2.05) is 5.38 Å². The monoisotopic (exact) mass is 297 g/mol. The van der Waals surface area contributed by atoms with Crippen molar-refractivity contribution in [1.82, 2.24) is 9.97 Å². The first-order chi connectivity index (χ1) is 9.24. The average molecular weight is 298 g/mol. The number of hydrogen-bond donors (Lipinski definition) is 1. The lowest BCUT2D eigenvalue weighted by molar-refractivity contribution is 0.563. The third-order valence-electron chi connectivity index (χ3n) is 3.18. The highest BCUT2D eigenvalue weighted by Gasteiger charge is 2.12. The minimum absolute atomic E-state index is 0.322. The molecular formula is C14H20ClN3S. The van der Waals surface area contributed by atoms with Gasteiger partial charge in [-0.05, 0) is 35.9 Å². The molecule has 2 aromatic heterocycles. The van der Waals surface area contributed by atoms with Gasteiger partial charge in [0.25, 0.3) is 0 Å². The Labute approximate surface area is 123 Å². The lowest BCUT2D eigenvalue weighted by Crippen LogP contribution is -2.20. The maximum Gasteiger partial charge on any atom is 0.225 e. The summed E-state index contributed by atoms with van der Waals surface area (Å²) in [6.07, 6.45) is 5.97. The molecule has 1 unspecified atom stereocenters. The number of unbranched alkanes of at least 4 members (excludes halogenated alkanes) is 1. The summed E-state index contributed by atoms with van der Waals surface area (Å²) in [5.74, 6) is 0.880. The van der Waals surface area contributed by atoms with Gasteiger partial charge in [0, 0.05) is 6.04 Å². The molecule has 0 spiro atoms. The van der Waals surface area contributed by atoms with Gasteiger partial charge in [-0.3, -0.25) is 0 Å². The molecule has 0 aromatic carbocycles. The first-order valence-electron chi connectivity index (χ1n) is 6.91. The van der Waals surface area contributed by atoms with Gasteiger partial charge in [0.15, 0.2) is 0 Å². The Morgan fingerprint density at radius 2 is 2.11 bits per heavy atom. The summed E-state index contributed by atoms with van der Waals surface area (Å²) in [5.41, 5.74) is 0. The summed E-state index contributed by atoms with van der Waals surface area (Å²) < 4.78 is 0. The first kappa shape index (κ1) is 14.5. The van der Waals surface area contributed by atoms with E-state index in [-0.39, 0.29) is 0 Å². The number of halogens is 1. The van der Waals surface area contributed by atoms with Crippen LogP contribution in [0.1, 0.15) is 46.0 Å². The minimum Gasteiger partial charge on any atom is -0.367 e. The summed E-state index contributed by atoms with van der Waals surface area (Å²) in [6.45, 7) is 4.44. The Morgan fingerprint density at radius 1 is 1.26 bits per heavy atom. The van der Waals surface area contributed by atoms with Crippen molar-refractivity contribution in [2.24, 2.45) is 0 Å². The smallest absolute Gasteiger partial charge is 0.225 e. The third-order valence-corrected chi connectivity index (χ3v) is 4.16. The molecule has 0 aliphatic rings. The number of hydrogen-bond acceptors (Lipinski definition) is 4. The molecular weight excluding hydrogens is 278 g/mol. The molecule has 1 atom stereocenters. The van der Waals surface area contributed by atoms with Gasteiger partial charge in [-0.25, -0.2) is 9.97 Å². The molecule has 0 saturated carbocycles. The van der Waals surface area contributed by atoms with Crippen molar-refractivity contribution in [1.29, 1.82) is 0 Å². The van der Waals surface area contributed by atoms with Crippen LogP contribution in [-0.4, -0.2) is 16.0 Å². The standard InChI is InChI=1S/C14H20ClN3S/c1-3-5-7-10(6-4-2)16-12-11-8-9-19-13(11)18-14(15)17-12/h8-10H,3-7H2,1-2H3,(H,16,17,18). The quantitative estimate of drug-likeness (QED) is 0.721. The molecule has 104 valence electrons. The van der Waals surface area contributed by atoms with Crippen LogP contribution in [0.2, 0.25) is 5.28 Å². The summed E-state index contributed by atoms with van der Waals surface area (Å²) >= 11 is 7.59. The molecule has 0 fully saturated rings. The molecule has 3 nitrogen and oxygen atoms in total. The second-order valence-corrected chi connectivity index (χ2v) is 5.99. The first-order valence-corrected chi connectivity index (χ1v) is 8.17. The predicted octanol–water partition coefficient (Wildman–Crippen LogP) is 5.12. The SMILES string of the molecule is CCCCC(CCC)Nc1nc(Cl)nc2sccc12. The topological polar surface area (TPSA) is 37.8 Å². The van der Waals surface area contributed by atoms with Crippen LogP contribution in [0.4, 0.5) is 5.82 Å². The van der Waals surface area contributed by atoms with Gasteiger partial charge in [-0.1, -0.05) is 33.1 Å². The third kappa shape index (κ3) is 3.80. The molecule has 2 heterocycles. The van der Waals surface area contributed by atoms with E-state index in [0.29, 0.717) is 11.3 Å². The van der Waals surface area contributed by atoms with Crippen molar-refractivity contribution in [3.63, 3.8) is 0 Å². The number of aromatic nitrogens is 2. The van der Waals surface area contributed by atoms with Gasteiger partial charge in [-0.2, -0.15) is 0 Å². The number of anilines is 1. The molecule has 0 bridgehead atoms. The van der Waals surface area contributed by atoms with Gasteiger partial charge in [0.05, 0.1) is 5.39 Å². The van der Waals surface area contributed by atoms with Gasteiger partial charge in [-0.15, -0.1) is 11.3 Å². The highest BCUT2D eigenvalue weighted by atomic mass is 35.5. The summed E-state index contributed by atoms with van der Waals surface area (Å²) in [5, 5.41) is 6.98. The number of nitrogens with one attached hydrogen (secondary N) is 1. The van der Waals surface area contributed by atoms with Crippen LogP contribution in [0.5, 0.6) is 0 Å². The normalized spacial score (nSPS) is 12.8. The van der Waals surface area contributed by atoms with Crippen molar-refractivity contribution < 1.29 is 0 Å². The van der Waals surface area contributed by atoms with Crippen molar-refractivity contribution in [3.8, 4) is 0 Å². The van der Waals surface area contributed by atoms with Crippen LogP contribution in [0.25, 0.3) is 10.2 Å². The Morgan fingerprint density at radius 3 is 2.84 bits per heavy atom. The zero-order chi connectivity index (χ0) is 13.7. The fraction of sp³-hybridized carbons (Fsp3) is 0.571. The van der Waals surface area contributed by atoms with E-state index in [1.165, 1.54) is 25.7 Å². The summed E-state index contributed by atoms with van der Waals surface area (Å²) in [7, 11) is 0. The zero-order valence-corrected chi connectivity index (χ0v) is 13.0. The van der Waals surface area contributed by atoms with Crippen LogP contribution in [0.15, 0.2) is 11.4 Å². The van der Waals surface area contributed by atoms with Gasteiger partial charge < -0.3 is 5.32 Å². The fourth-order valence-electron chi connectivity index (χ4n) is 2.22. The molecule has 0 amide bonds. The van der Waals surface area contributed by atoms with Crippen molar-refractivity contribution in [2.75, 3.05) is 5.32 Å². The molecule has 1 N–H and O–H groups in total. The molecule has 0 saturated heterocycles. The van der Waals surface area contributed by atoms with E-state index < -0.39 is 0 Å². The fourth-order valence-corrected chi connectivity index (χ4v) is 3.20. The van der Waals surface area contributed by atoms with E-state index in [1.54, 1.807) is 11.3 Å². The van der Waals surface area contributed by atoms with E-state index in [9.17, 15) is 0 Å². The van der Waals surface area contributed by atoms with E-state index in [4.69, 9.17) is 11.6 Å². The van der Waals surface area contributed by atoms with Gasteiger partial charge >= 0.3 is 0 Å². The summed E-state index contributed by atoms with van der Waals surface area (Å²) in [6, 6.07) is 2.53. The number of rotatable bonds is 7. The van der Waals surface area contributed by atoms with E-state index >= 15 is 0 Å². The van der Waals surface area contributed by atoms with Crippen LogP contribution < -0.4 is 5.32 Å². The molecule has 0 aliphatic carbocycles. The molecule has 2 rings (SSSR count). The average Bonchev–Trinajstić information content (AvgIpc) is 2.84. The Balaban J connectivity index is 2.19. The molecule has 0 radical (unpaired) electrons. The number of thiophene rings is 1. The number of fused-ring (bicyclic) bond motifs is 1. The summed E-state index contributed by atoms with van der Waals surface area (Å²) in [4.78, 5) is 9.55. The van der Waals surface area contributed by atoms with Crippen LogP contribution in [0.3, 0.4) is 0 Å². The highest BCUT2D eigenvalue weighted by molar-refractivity contribution is 7.16. The number of nitrogens with zero attached hydrogens (tertiary/aromatic N) is 2. The zero-order valence-electron chi connectivity index (χ0n) is 11.4. The largest absolute Gasteiger partial charge is 0.367 e. The Hall–Kier alpha value is -0.870. The van der Waals surface area contributed by atoms with Crippen LogP contribution in [0, 0.1) is 0 Å². The van der Waals surface area contributed by atoms with E-state index in [0.717, 1.165) is 22.5 Å². The van der Waals surface area contributed by atoms with Crippen molar-refractivity contribution in [3.05, 3.63) is 16.7 Å². The molecule has 19 heavy (non-hydrogen) atoms. The van der Waals surface area contributed by atoms with Crippen LogP contribution in [-0.2, 0) is 0 Å². The Bertz CT molecular complexity index is 526. The maximum absolute atomic E-state index is 5.99. The highest BCUT2D eigenvalue weighted by Crippen LogP contribution is 2.27. The molecule has 5 heteroatoms. The second kappa shape index (κ2) is 7.06. The van der Waals surface area contributed by atoms with Crippen LogP contribution >= 0.6 is 22.9 Å². The Kier molecular flexibility index (Phi) is 5.40.